The van der Waals surface area contributed by atoms with E-state index in [1.807, 2.05) is 11.8 Å². The third-order valence-electron chi connectivity index (χ3n) is 3.66. The Morgan fingerprint density at radius 1 is 1.20 bits per heavy atom. The van der Waals surface area contributed by atoms with Crippen LogP contribution in [0, 0.1) is 5.92 Å². The molecule has 0 amide bonds. The number of hydrogen-bond acceptors (Lipinski definition) is 4. The van der Waals surface area contributed by atoms with Gasteiger partial charge in [-0.3, -0.25) is 0 Å². The van der Waals surface area contributed by atoms with Gasteiger partial charge < -0.3 is 15.2 Å². The van der Waals surface area contributed by atoms with Crippen LogP contribution in [-0.2, 0) is 4.74 Å². The van der Waals surface area contributed by atoms with Gasteiger partial charge in [0, 0.05) is 19.2 Å². The second-order valence-electron chi connectivity index (χ2n) is 5.70. The molecule has 0 aromatic rings. The maximum Gasteiger partial charge on any atom is 0.0897 e. The van der Waals surface area contributed by atoms with Crippen molar-refractivity contribution in [1.29, 1.82) is 0 Å². The molecular formula is C16H35NO2S. The van der Waals surface area contributed by atoms with Crippen LogP contribution in [0.4, 0.5) is 0 Å². The summed E-state index contributed by atoms with van der Waals surface area (Å²) in [7, 11) is 0. The molecule has 4 heteroatoms. The molecule has 0 saturated heterocycles. The molecule has 0 aromatic heterocycles. The van der Waals surface area contributed by atoms with E-state index in [0.717, 1.165) is 18.8 Å². The van der Waals surface area contributed by atoms with Gasteiger partial charge in [-0.05, 0) is 37.7 Å². The zero-order valence-corrected chi connectivity index (χ0v) is 14.7. The molecule has 2 N–H and O–H groups in total. The first-order valence-corrected chi connectivity index (χ1v) is 9.51. The van der Waals surface area contributed by atoms with Gasteiger partial charge in [0.05, 0.1) is 12.7 Å². The Balaban J connectivity index is 3.58. The lowest BCUT2D eigenvalue weighted by Gasteiger charge is -2.19. The van der Waals surface area contributed by atoms with E-state index in [4.69, 9.17) is 4.74 Å². The van der Waals surface area contributed by atoms with Crippen LogP contribution in [0.2, 0.25) is 0 Å². The number of aliphatic hydroxyl groups is 1. The summed E-state index contributed by atoms with van der Waals surface area (Å²) in [5.41, 5.74) is 0. The lowest BCUT2D eigenvalue weighted by atomic mass is 10.0. The van der Waals surface area contributed by atoms with Crippen molar-refractivity contribution in [2.24, 2.45) is 5.92 Å². The molecule has 0 aliphatic rings. The maximum absolute atomic E-state index is 9.89. The fraction of sp³-hybridized carbons (Fsp3) is 1.00. The van der Waals surface area contributed by atoms with E-state index in [1.165, 1.54) is 25.7 Å². The monoisotopic (exact) mass is 305 g/mol. The fourth-order valence-electron chi connectivity index (χ4n) is 2.06. The Morgan fingerprint density at radius 3 is 2.55 bits per heavy atom. The molecule has 3 atom stereocenters. The Morgan fingerprint density at radius 2 is 1.95 bits per heavy atom. The molecule has 122 valence electrons. The van der Waals surface area contributed by atoms with Crippen molar-refractivity contribution in [3.05, 3.63) is 0 Å². The van der Waals surface area contributed by atoms with Crippen molar-refractivity contribution in [3.63, 3.8) is 0 Å². The number of unbranched alkanes of at least 4 members (excludes halogenated alkanes) is 1. The van der Waals surface area contributed by atoms with Gasteiger partial charge in [-0.1, -0.05) is 33.1 Å². The molecule has 0 rings (SSSR count). The highest BCUT2D eigenvalue weighted by atomic mass is 32.2. The molecule has 0 aliphatic heterocycles. The molecule has 0 saturated carbocycles. The van der Waals surface area contributed by atoms with Gasteiger partial charge in [-0.2, -0.15) is 11.8 Å². The van der Waals surface area contributed by atoms with Crippen LogP contribution < -0.4 is 5.32 Å². The van der Waals surface area contributed by atoms with Gasteiger partial charge in [0.2, 0.25) is 0 Å². The minimum Gasteiger partial charge on any atom is -0.389 e. The topological polar surface area (TPSA) is 41.5 Å². The number of thioether (sulfide) groups is 1. The van der Waals surface area contributed by atoms with E-state index >= 15 is 0 Å². The van der Waals surface area contributed by atoms with Crippen LogP contribution in [0.15, 0.2) is 0 Å². The first-order chi connectivity index (χ1) is 9.63. The lowest BCUT2D eigenvalue weighted by Crippen LogP contribution is -2.36. The maximum atomic E-state index is 9.89. The molecule has 0 radical (unpaired) electrons. The Bertz CT molecular complexity index is 205. The molecule has 0 spiro atoms. The summed E-state index contributed by atoms with van der Waals surface area (Å²) in [5.74, 6) is 1.81. The Hall–Kier alpha value is 0.230. The predicted molar refractivity (Wildman–Crippen MR) is 90.6 cm³/mol. The number of rotatable bonds is 14. The van der Waals surface area contributed by atoms with E-state index in [-0.39, 0.29) is 0 Å². The van der Waals surface area contributed by atoms with Gasteiger partial charge in [0.1, 0.15) is 0 Å². The zero-order valence-electron chi connectivity index (χ0n) is 13.9. The van der Waals surface area contributed by atoms with Crippen LogP contribution in [-0.4, -0.2) is 49.0 Å². The van der Waals surface area contributed by atoms with E-state index in [1.54, 1.807) is 0 Å². The molecule has 0 bridgehead atoms. The number of aliphatic hydroxyl groups excluding tert-OH is 1. The second-order valence-corrected chi connectivity index (χ2v) is 6.68. The van der Waals surface area contributed by atoms with Gasteiger partial charge in [0.25, 0.3) is 0 Å². The molecule has 0 heterocycles. The predicted octanol–water partition coefficient (Wildman–Crippen LogP) is 3.31. The highest BCUT2D eigenvalue weighted by Crippen LogP contribution is 2.12. The summed E-state index contributed by atoms with van der Waals surface area (Å²) in [6.07, 6.45) is 7.81. The SMILES string of the molecule is CCCCC(CC)COCC(O)CNC(C)CCSC. The van der Waals surface area contributed by atoms with E-state index in [2.05, 4.69) is 32.3 Å². The smallest absolute Gasteiger partial charge is 0.0897 e. The van der Waals surface area contributed by atoms with Gasteiger partial charge in [0.15, 0.2) is 0 Å². The first-order valence-electron chi connectivity index (χ1n) is 8.12. The summed E-state index contributed by atoms with van der Waals surface area (Å²) in [5, 5.41) is 13.3. The van der Waals surface area contributed by atoms with Crippen LogP contribution in [0.25, 0.3) is 0 Å². The van der Waals surface area contributed by atoms with Crippen LogP contribution in [0.3, 0.4) is 0 Å². The van der Waals surface area contributed by atoms with Crippen molar-refractivity contribution in [3.8, 4) is 0 Å². The van der Waals surface area contributed by atoms with Crippen molar-refractivity contribution in [2.75, 3.05) is 31.8 Å². The average Bonchev–Trinajstić information content (AvgIpc) is 2.46. The quantitative estimate of drug-likeness (QED) is 0.516. The summed E-state index contributed by atoms with van der Waals surface area (Å²) < 4.78 is 5.66. The highest BCUT2D eigenvalue weighted by Gasteiger charge is 2.10. The van der Waals surface area contributed by atoms with Gasteiger partial charge >= 0.3 is 0 Å². The summed E-state index contributed by atoms with van der Waals surface area (Å²) in [6, 6.07) is 0.463. The fourth-order valence-corrected chi connectivity index (χ4v) is 2.65. The molecule has 0 fully saturated rings. The van der Waals surface area contributed by atoms with E-state index < -0.39 is 6.10 Å². The van der Waals surface area contributed by atoms with Crippen molar-refractivity contribution in [2.45, 2.75) is 65.0 Å². The molecule has 0 aliphatic carbocycles. The van der Waals surface area contributed by atoms with Gasteiger partial charge in [-0.25, -0.2) is 0 Å². The average molecular weight is 306 g/mol. The van der Waals surface area contributed by atoms with Crippen molar-refractivity contribution < 1.29 is 9.84 Å². The summed E-state index contributed by atoms with van der Waals surface area (Å²) >= 11 is 1.86. The van der Waals surface area contributed by atoms with Gasteiger partial charge in [-0.15, -0.1) is 0 Å². The molecule has 3 unspecified atom stereocenters. The zero-order chi connectivity index (χ0) is 15.2. The largest absolute Gasteiger partial charge is 0.389 e. The third kappa shape index (κ3) is 12.0. The second kappa shape index (κ2) is 14.2. The first kappa shape index (κ1) is 20.2. The number of ether oxygens (including phenoxy) is 1. The minimum atomic E-state index is -0.393. The van der Waals surface area contributed by atoms with Crippen molar-refractivity contribution >= 4 is 11.8 Å². The molecule has 3 nitrogen and oxygen atoms in total. The third-order valence-corrected chi connectivity index (χ3v) is 4.31. The van der Waals surface area contributed by atoms with Crippen LogP contribution in [0.5, 0.6) is 0 Å². The summed E-state index contributed by atoms with van der Waals surface area (Å²) in [6.45, 7) is 8.47. The highest BCUT2D eigenvalue weighted by molar-refractivity contribution is 7.98. The number of hydrogen-bond donors (Lipinski definition) is 2. The van der Waals surface area contributed by atoms with Crippen LogP contribution >= 0.6 is 11.8 Å². The van der Waals surface area contributed by atoms with E-state index in [9.17, 15) is 5.11 Å². The normalized spacial score (nSPS) is 16.1. The lowest BCUT2D eigenvalue weighted by molar-refractivity contribution is 0.0185. The van der Waals surface area contributed by atoms with Crippen LogP contribution in [0.1, 0.15) is 52.9 Å². The summed E-state index contributed by atoms with van der Waals surface area (Å²) in [4.78, 5) is 0. The Kier molecular flexibility index (Phi) is 14.3. The number of nitrogens with one attached hydrogen (secondary N) is 1. The van der Waals surface area contributed by atoms with Crippen molar-refractivity contribution in [1.82, 2.24) is 5.32 Å². The molecule has 0 aromatic carbocycles. The minimum absolute atomic E-state index is 0.393. The van der Waals surface area contributed by atoms with E-state index in [0.29, 0.717) is 25.1 Å². The molecule has 20 heavy (non-hydrogen) atoms. The Labute approximate surface area is 130 Å². The molecular weight excluding hydrogens is 270 g/mol. The standard InChI is InChI=1S/C16H35NO2S/c1-5-7-8-15(6-2)12-19-13-16(18)11-17-14(3)9-10-20-4/h14-18H,5-13H2,1-4H3.